The average molecular weight is 442 g/mol. The molecule has 2 aliphatic heterocycles. The number of primary amides is 1. The molecule has 7 nitrogen and oxygen atoms in total. The van der Waals surface area contributed by atoms with Crippen LogP contribution in [0.1, 0.15) is 52.4 Å². The van der Waals surface area contributed by atoms with Crippen LogP contribution in [0.15, 0.2) is 12.1 Å². The van der Waals surface area contributed by atoms with Gasteiger partial charge in [0.1, 0.15) is 11.6 Å². The highest BCUT2D eigenvalue weighted by Gasteiger charge is 2.59. The molecule has 0 bridgehead atoms. The molecule has 2 atom stereocenters. The Labute approximate surface area is 171 Å². The molecule has 4 rings (SSSR count). The van der Waals surface area contributed by atoms with Gasteiger partial charge in [0, 0.05) is 11.6 Å². The van der Waals surface area contributed by atoms with Crippen molar-refractivity contribution in [3.63, 3.8) is 0 Å². The third-order valence-corrected chi connectivity index (χ3v) is 5.49. The maximum Gasteiger partial charge on any atom is 0.422 e. The van der Waals surface area contributed by atoms with Crippen LogP contribution in [0.2, 0.25) is 0 Å². The molecule has 12 heteroatoms. The monoisotopic (exact) mass is 442 g/mol. The zero-order chi connectivity index (χ0) is 22.7. The van der Waals surface area contributed by atoms with Crippen LogP contribution in [-0.4, -0.2) is 28.0 Å². The van der Waals surface area contributed by atoms with E-state index in [0.717, 1.165) is 13.0 Å². The summed E-state index contributed by atoms with van der Waals surface area (Å²) in [5, 5.41) is 2.34. The van der Waals surface area contributed by atoms with E-state index < -0.39 is 59.3 Å². The van der Waals surface area contributed by atoms with E-state index in [0.29, 0.717) is 6.07 Å². The number of carbonyl (C=O) groups is 2. The van der Waals surface area contributed by atoms with E-state index in [-0.39, 0.29) is 35.3 Å². The van der Waals surface area contributed by atoms with Crippen molar-refractivity contribution in [2.45, 2.75) is 44.1 Å². The first kappa shape index (κ1) is 21.1. The van der Waals surface area contributed by atoms with E-state index in [4.69, 9.17) is 10.5 Å². The zero-order valence-electron chi connectivity index (χ0n) is 15.9. The molecule has 3 heterocycles. The SMILES string of the molecule is CC1(C(F)(F)F)OCc2c([C@@H]3CCc4cc(F)cc(F)c4NC3=O)nc(C(N)=O)nc21. The van der Waals surface area contributed by atoms with Gasteiger partial charge in [-0.05, 0) is 31.4 Å². The van der Waals surface area contributed by atoms with Crippen LogP contribution in [0.3, 0.4) is 0 Å². The van der Waals surface area contributed by atoms with Crippen LogP contribution in [0.5, 0.6) is 0 Å². The number of nitrogens with zero attached hydrogens (tertiary/aromatic N) is 2. The van der Waals surface area contributed by atoms with Crippen molar-refractivity contribution in [3.05, 3.63) is 52.1 Å². The molecule has 164 valence electrons. The number of benzene rings is 1. The molecular weight excluding hydrogens is 427 g/mol. The highest BCUT2D eigenvalue weighted by molar-refractivity contribution is 5.97. The Kier molecular flexibility index (Phi) is 4.72. The molecule has 1 aromatic carbocycles. The van der Waals surface area contributed by atoms with Crippen LogP contribution in [0.4, 0.5) is 27.6 Å². The van der Waals surface area contributed by atoms with E-state index in [2.05, 4.69) is 15.3 Å². The fraction of sp³-hybridized carbons (Fsp3) is 0.368. The van der Waals surface area contributed by atoms with Gasteiger partial charge in [0.2, 0.25) is 17.3 Å². The number of amides is 2. The number of nitrogens with two attached hydrogens (primary N) is 1. The summed E-state index contributed by atoms with van der Waals surface area (Å²) in [5.41, 5.74) is 1.47. The first-order valence-electron chi connectivity index (χ1n) is 9.13. The number of nitrogens with one attached hydrogen (secondary N) is 1. The summed E-state index contributed by atoms with van der Waals surface area (Å²) in [4.78, 5) is 32.2. The summed E-state index contributed by atoms with van der Waals surface area (Å²) in [6.07, 6.45) is -4.89. The second-order valence-corrected chi connectivity index (χ2v) is 7.45. The molecule has 0 saturated heterocycles. The molecule has 2 amide bonds. The van der Waals surface area contributed by atoms with Crippen molar-refractivity contribution in [2.75, 3.05) is 5.32 Å². The Balaban J connectivity index is 1.84. The van der Waals surface area contributed by atoms with Crippen LogP contribution in [0.25, 0.3) is 0 Å². The minimum Gasteiger partial charge on any atom is -0.363 e. The number of aromatic nitrogens is 2. The molecule has 31 heavy (non-hydrogen) atoms. The fourth-order valence-electron chi connectivity index (χ4n) is 3.80. The first-order chi connectivity index (χ1) is 14.4. The van der Waals surface area contributed by atoms with Crippen molar-refractivity contribution < 1.29 is 36.3 Å². The lowest BCUT2D eigenvalue weighted by atomic mass is 9.90. The Hall–Kier alpha value is -3.15. The molecule has 2 aromatic rings. The van der Waals surface area contributed by atoms with Gasteiger partial charge in [0.15, 0.2) is 0 Å². The molecule has 3 N–H and O–H groups in total. The first-order valence-corrected chi connectivity index (χ1v) is 9.13. The van der Waals surface area contributed by atoms with Crippen LogP contribution < -0.4 is 11.1 Å². The zero-order valence-corrected chi connectivity index (χ0v) is 15.9. The minimum absolute atomic E-state index is 0.0233. The van der Waals surface area contributed by atoms with E-state index in [1.165, 1.54) is 0 Å². The minimum atomic E-state index is -4.87. The molecule has 0 aliphatic carbocycles. The Bertz CT molecular complexity index is 1120. The Morgan fingerprint density at radius 2 is 2.00 bits per heavy atom. The molecule has 1 unspecified atom stereocenters. The second-order valence-electron chi connectivity index (χ2n) is 7.45. The lowest BCUT2D eigenvalue weighted by molar-refractivity contribution is -0.273. The second kappa shape index (κ2) is 6.94. The van der Waals surface area contributed by atoms with Gasteiger partial charge in [-0.3, -0.25) is 9.59 Å². The fourth-order valence-corrected chi connectivity index (χ4v) is 3.80. The smallest absolute Gasteiger partial charge is 0.363 e. The normalized spacial score (nSPS) is 23.0. The van der Waals surface area contributed by atoms with Crippen molar-refractivity contribution >= 4 is 17.5 Å². The standard InChI is InChI=1S/C19H15F5N4O3/c1-18(19(22,23)24)14-10(6-31-18)13(26-16(28-14)15(25)29)9-3-2-7-4-8(20)5-11(21)12(7)27-17(9)30/h4-5,9H,2-3,6H2,1H3,(H2,25,29)(H,27,30)/t9-,18?/m0/s1. The van der Waals surface area contributed by atoms with Gasteiger partial charge in [-0.25, -0.2) is 18.7 Å². The highest BCUT2D eigenvalue weighted by Crippen LogP contribution is 2.48. The number of halogens is 5. The van der Waals surface area contributed by atoms with Gasteiger partial charge in [-0.1, -0.05) is 0 Å². The van der Waals surface area contributed by atoms with Crippen LogP contribution >= 0.6 is 0 Å². The van der Waals surface area contributed by atoms with Gasteiger partial charge in [0.25, 0.3) is 5.91 Å². The number of carbonyl (C=O) groups excluding carboxylic acids is 2. The highest BCUT2D eigenvalue weighted by atomic mass is 19.4. The average Bonchev–Trinajstić information content (AvgIpc) is 2.93. The third kappa shape index (κ3) is 3.30. The number of hydrogen-bond acceptors (Lipinski definition) is 5. The van der Waals surface area contributed by atoms with Crippen LogP contribution in [0, 0.1) is 11.6 Å². The molecule has 0 fully saturated rings. The number of fused-ring (bicyclic) bond motifs is 2. The van der Waals surface area contributed by atoms with Crippen molar-refractivity contribution in [1.82, 2.24) is 9.97 Å². The van der Waals surface area contributed by atoms with Gasteiger partial charge < -0.3 is 15.8 Å². The maximum atomic E-state index is 14.2. The number of ether oxygens (including phenoxy) is 1. The molecule has 2 aliphatic rings. The van der Waals surface area contributed by atoms with Crippen LogP contribution in [-0.2, 0) is 28.2 Å². The van der Waals surface area contributed by atoms with Gasteiger partial charge in [-0.15, -0.1) is 0 Å². The van der Waals surface area contributed by atoms with E-state index in [9.17, 15) is 31.5 Å². The lowest BCUT2D eigenvalue weighted by Crippen LogP contribution is -2.40. The predicted octanol–water partition coefficient (Wildman–Crippen LogP) is 2.83. The summed E-state index contributed by atoms with van der Waals surface area (Å²) in [7, 11) is 0. The van der Waals surface area contributed by atoms with Crippen molar-refractivity contribution in [2.24, 2.45) is 5.73 Å². The summed E-state index contributed by atoms with van der Waals surface area (Å²) in [6.45, 7) is 0.195. The van der Waals surface area contributed by atoms with E-state index in [1.807, 2.05) is 0 Å². The summed E-state index contributed by atoms with van der Waals surface area (Å²) in [6, 6.07) is 1.67. The lowest BCUT2D eigenvalue weighted by Gasteiger charge is -2.26. The number of anilines is 1. The topological polar surface area (TPSA) is 107 Å². The molecule has 0 spiro atoms. The van der Waals surface area contributed by atoms with Crippen molar-refractivity contribution in [1.29, 1.82) is 0 Å². The largest absolute Gasteiger partial charge is 0.422 e. The molecule has 1 aromatic heterocycles. The Morgan fingerprint density at radius 3 is 2.65 bits per heavy atom. The molecule has 0 saturated carbocycles. The van der Waals surface area contributed by atoms with Crippen molar-refractivity contribution in [3.8, 4) is 0 Å². The number of hydrogen-bond donors (Lipinski definition) is 2. The number of rotatable bonds is 2. The summed E-state index contributed by atoms with van der Waals surface area (Å²) < 4.78 is 73.7. The van der Waals surface area contributed by atoms with Gasteiger partial charge >= 0.3 is 6.18 Å². The predicted molar refractivity (Wildman–Crippen MR) is 94.8 cm³/mol. The maximum absolute atomic E-state index is 14.2. The summed E-state index contributed by atoms with van der Waals surface area (Å²) >= 11 is 0. The van der Waals surface area contributed by atoms with Gasteiger partial charge in [0.05, 0.1) is 29.6 Å². The summed E-state index contributed by atoms with van der Waals surface area (Å²) in [5.74, 6) is -5.67. The number of aryl methyl sites for hydroxylation is 1. The number of alkyl halides is 3. The van der Waals surface area contributed by atoms with Gasteiger partial charge in [-0.2, -0.15) is 13.2 Å². The molecular formula is C19H15F5N4O3. The van der Waals surface area contributed by atoms with E-state index >= 15 is 0 Å². The third-order valence-electron chi connectivity index (χ3n) is 5.49. The quantitative estimate of drug-likeness (QED) is 0.696. The Morgan fingerprint density at radius 1 is 1.29 bits per heavy atom. The van der Waals surface area contributed by atoms with E-state index in [1.54, 1.807) is 0 Å². The molecule has 0 radical (unpaired) electrons.